The second kappa shape index (κ2) is 5.14. The number of hydrogen-bond acceptors (Lipinski definition) is 3. The Labute approximate surface area is 111 Å². The molecule has 0 radical (unpaired) electrons. The Morgan fingerprint density at radius 2 is 1.50 bits per heavy atom. The minimum Gasteiger partial charge on any atom is -0.225 e. The van der Waals surface area contributed by atoms with Crippen LogP contribution in [0.3, 0.4) is 0 Å². The van der Waals surface area contributed by atoms with E-state index in [1.54, 1.807) is 30.0 Å². The summed E-state index contributed by atoms with van der Waals surface area (Å²) in [5.74, 6) is 0. The molecule has 0 bridgehead atoms. The summed E-state index contributed by atoms with van der Waals surface area (Å²) < 4.78 is 23.2. The van der Waals surface area contributed by atoms with Crippen LogP contribution in [0.1, 0.15) is 0 Å². The first-order valence-electron chi connectivity index (χ1n) is 5.29. The molecule has 0 heterocycles. The summed E-state index contributed by atoms with van der Waals surface area (Å²) in [4.78, 5) is 1.18. The molecule has 94 valence electrons. The predicted molar refractivity (Wildman–Crippen MR) is 75.0 cm³/mol. The van der Waals surface area contributed by atoms with Crippen LogP contribution in [0.2, 0.25) is 0 Å². The molecule has 2 aromatic rings. The van der Waals surface area contributed by atoms with Crippen LogP contribution >= 0.6 is 11.8 Å². The van der Waals surface area contributed by atoms with E-state index < -0.39 is 10.0 Å². The number of rotatable bonds is 3. The number of primary sulfonamides is 1. The van der Waals surface area contributed by atoms with Crippen LogP contribution in [0.5, 0.6) is 0 Å². The van der Waals surface area contributed by atoms with Gasteiger partial charge >= 0.3 is 0 Å². The zero-order valence-corrected chi connectivity index (χ0v) is 11.5. The van der Waals surface area contributed by atoms with Crippen LogP contribution in [0.4, 0.5) is 0 Å². The lowest BCUT2D eigenvalue weighted by molar-refractivity contribution is 0.598. The van der Waals surface area contributed by atoms with Crippen molar-refractivity contribution in [2.45, 2.75) is 9.79 Å². The van der Waals surface area contributed by atoms with Gasteiger partial charge in [0.1, 0.15) is 0 Å². The number of thioether (sulfide) groups is 1. The maximum absolute atomic E-state index is 11.6. The number of sulfonamides is 1. The first-order valence-corrected chi connectivity index (χ1v) is 8.06. The van der Waals surface area contributed by atoms with E-state index in [0.29, 0.717) is 5.56 Å². The molecular formula is C13H13NO2S2. The summed E-state index contributed by atoms with van der Waals surface area (Å²) in [5.41, 5.74) is 1.53. The van der Waals surface area contributed by atoms with Crippen LogP contribution in [0.25, 0.3) is 11.1 Å². The van der Waals surface area contributed by atoms with Gasteiger partial charge in [0.05, 0.1) is 4.90 Å². The fourth-order valence-electron chi connectivity index (χ4n) is 1.80. The third kappa shape index (κ3) is 2.58. The molecule has 0 amide bonds. The SMILES string of the molecule is CSc1ccccc1-c1ccccc1S(N)(=O)=O. The fraction of sp³-hybridized carbons (Fsp3) is 0.0769. The van der Waals surface area contributed by atoms with E-state index in [-0.39, 0.29) is 4.90 Å². The molecule has 0 aromatic heterocycles. The third-order valence-electron chi connectivity index (χ3n) is 2.59. The molecule has 2 N–H and O–H groups in total. The molecule has 0 saturated heterocycles. The summed E-state index contributed by atoms with van der Waals surface area (Å²) in [7, 11) is -3.72. The molecule has 5 heteroatoms. The fourth-order valence-corrected chi connectivity index (χ4v) is 3.17. The van der Waals surface area contributed by atoms with E-state index in [9.17, 15) is 8.42 Å². The predicted octanol–water partition coefficient (Wildman–Crippen LogP) is 2.72. The molecule has 0 aliphatic carbocycles. The average Bonchev–Trinajstić information content (AvgIpc) is 2.37. The summed E-state index contributed by atoms with van der Waals surface area (Å²) in [6.45, 7) is 0. The van der Waals surface area contributed by atoms with E-state index >= 15 is 0 Å². The van der Waals surface area contributed by atoms with Gasteiger partial charge in [0.2, 0.25) is 10.0 Å². The lowest BCUT2D eigenvalue weighted by Gasteiger charge is -2.11. The molecule has 0 aliphatic rings. The van der Waals surface area contributed by atoms with E-state index in [1.807, 2.05) is 30.5 Å². The Morgan fingerprint density at radius 1 is 0.944 bits per heavy atom. The van der Waals surface area contributed by atoms with Crippen molar-refractivity contribution in [2.75, 3.05) is 6.26 Å². The largest absolute Gasteiger partial charge is 0.238 e. The van der Waals surface area contributed by atoms with E-state index in [0.717, 1.165) is 10.5 Å². The first-order chi connectivity index (χ1) is 8.54. The Hall–Kier alpha value is -1.30. The van der Waals surface area contributed by atoms with Gasteiger partial charge in [-0.05, 0) is 24.0 Å². The van der Waals surface area contributed by atoms with E-state index in [1.165, 1.54) is 6.07 Å². The molecular weight excluding hydrogens is 266 g/mol. The van der Waals surface area contributed by atoms with E-state index in [4.69, 9.17) is 5.14 Å². The van der Waals surface area contributed by atoms with Crippen molar-refractivity contribution in [3.8, 4) is 11.1 Å². The van der Waals surface area contributed by atoms with Gasteiger partial charge in [0, 0.05) is 10.5 Å². The van der Waals surface area contributed by atoms with Gasteiger partial charge in [-0.2, -0.15) is 0 Å². The van der Waals surface area contributed by atoms with Gasteiger partial charge < -0.3 is 0 Å². The smallest absolute Gasteiger partial charge is 0.225 e. The number of benzene rings is 2. The zero-order chi connectivity index (χ0) is 13.2. The molecule has 2 rings (SSSR count). The van der Waals surface area contributed by atoms with Crippen LogP contribution in [0, 0.1) is 0 Å². The molecule has 0 spiro atoms. The number of nitrogens with two attached hydrogens (primary N) is 1. The molecule has 0 saturated carbocycles. The molecule has 0 unspecified atom stereocenters. The standard InChI is InChI=1S/C13H13NO2S2/c1-17-12-8-4-2-6-10(12)11-7-3-5-9-13(11)18(14,15)16/h2-9H,1H3,(H2,14,15,16). The molecule has 0 aliphatic heterocycles. The maximum Gasteiger partial charge on any atom is 0.238 e. The monoisotopic (exact) mass is 279 g/mol. The highest BCUT2D eigenvalue weighted by molar-refractivity contribution is 7.98. The van der Waals surface area contributed by atoms with Gasteiger partial charge in [0.15, 0.2) is 0 Å². The molecule has 0 fully saturated rings. The van der Waals surface area contributed by atoms with Crippen molar-refractivity contribution in [2.24, 2.45) is 5.14 Å². The Morgan fingerprint density at radius 3 is 2.11 bits per heavy atom. The topological polar surface area (TPSA) is 60.2 Å². The van der Waals surface area contributed by atoms with Gasteiger partial charge in [-0.15, -0.1) is 11.8 Å². The minimum absolute atomic E-state index is 0.159. The number of hydrogen-bond donors (Lipinski definition) is 1. The van der Waals surface area contributed by atoms with Crippen LogP contribution < -0.4 is 5.14 Å². The second-order valence-corrected chi connectivity index (χ2v) is 6.12. The van der Waals surface area contributed by atoms with Gasteiger partial charge in [-0.3, -0.25) is 0 Å². The van der Waals surface area contributed by atoms with E-state index in [2.05, 4.69) is 0 Å². The van der Waals surface area contributed by atoms with Crippen molar-refractivity contribution in [1.82, 2.24) is 0 Å². The molecule has 0 atom stereocenters. The highest BCUT2D eigenvalue weighted by Gasteiger charge is 2.16. The highest BCUT2D eigenvalue weighted by Crippen LogP contribution is 2.33. The van der Waals surface area contributed by atoms with Crippen molar-refractivity contribution in [3.05, 3.63) is 48.5 Å². The first kappa shape index (κ1) is 13.1. The van der Waals surface area contributed by atoms with Crippen LogP contribution in [0.15, 0.2) is 58.3 Å². The average molecular weight is 279 g/mol. The van der Waals surface area contributed by atoms with Crippen molar-refractivity contribution < 1.29 is 8.42 Å². The van der Waals surface area contributed by atoms with Crippen molar-refractivity contribution >= 4 is 21.8 Å². The Balaban J connectivity index is 2.72. The van der Waals surface area contributed by atoms with Gasteiger partial charge in [-0.1, -0.05) is 36.4 Å². The van der Waals surface area contributed by atoms with Crippen LogP contribution in [-0.4, -0.2) is 14.7 Å². The van der Waals surface area contributed by atoms with Crippen LogP contribution in [-0.2, 0) is 10.0 Å². The molecule has 18 heavy (non-hydrogen) atoms. The molecule has 3 nitrogen and oxygen atoms in total. The third-order valence-corrected chi connectivity index (χ3v) is 4.36. The lowest BCUT2D eigenvalue weighted by Crippen LogP contribution is -2.13. The summed E-state index contributed by atoms with van der Waals surface area (Å²) in [5, 5.41) is 5.25. The highest BCUT2D eigenvalue weighted by atomic mass is 32.2. The lowest BCUT2D eigenvalue weighted by atomic mass is 10.1. The van der Waals surface area contributed by atoms with Crippen molar-refractivity contribution in [3.63, 3.8) is 0 Å². The maximum atomic E-state index is 11.6. The second-order valence-electron chi connectivity index (χ2n) is 3.74. The summed E-state index contributed by atoms with van der Waals surface area (Å²) in [6, 6.07) is 14.4. The van der Waals surface area contributed by atoms with Gasteiger partial charge in [-0.25, -0.2) is 13.6 Å². The minimum atomic E-state index is -3.72. The quantitative estimate of drug-likeness (QED) is 0.879. The summed E-state index contributed by atoms with van der Waals surface area (Å²) >= 11 is 1.57. The normalized spacial score (nSPS) is 11.4. The zero-order valence-electron chi connectivity index (χ0n) is 9.83. The Kier molecular flexibility index (Phi) is 3.75. The van der Waals surface area contributed by atoms with Crippen molar-refractivity contribution in [1.29, 1.82) is 0 Å². The van der Waals surface area contributed by atoms with Gasteiger partial charge in [0.25, 0.3) is 0 Å². The molecule has 2 aromatic carbocycles. The Bertz CT molecular complexity index is 666. The summed E-state index contributed by atoms with van der Waals surface area (Å²) in [6.07, 6.45) is 1.96.